The molecule has 2 N–H and O–H groups in total. The molecule has 2 aromatic heterocycles. The number of carboxylic acid groups (broad SMARTS) is 1. The highest BCUT2D eigenvalue weighted by Gasteiger charge is 2.50. The first-order chi connectivity index (χ1) is 10.1. The van der Waals surface area contributed by atoms with Crippen molar-refractivity contribution in [3.63, 3.8) is 0 Å². The topological polar surface area (TPSA) is 105 Å². The number of hydrogen-bond donors (Lipinski definition) is 2. The fourth-order valence-electron chi connectivity index (χ4n) is 1.98. The van der Waals surface area contributed by atoms with E-state index in [2.05, 4.69) is 15.5 Å². The van der Waals surface area contributed by atoms with E-state index in [1.165, 1.54) is 6.07 Å². The van der Waals surface area contributed by atoms with Crippen LogP contribution in [0.15, 0.2) is 35.1 Å². The van der Waals surface area contributed by atoms with Crippen molar-refractivity contribution < 1.29 is 19.2 Å². The predicted octanol–water partition coefficient (Wildman–Crippen LogP) is 1.33. The number of carboxylic acids is 1. The second-order valence-electron chi connectivity index (χ2n) is 5.09. The summed E-state index contributed by atoms with van der Waals surface area (Å²) in [5.41, 5.74) is 0.0364. The van der Waals surface area contributed by atoms with E-state index < -0.39 is 17.3 Å². The molecule has 0 bridgehead atoms. The summed E-state index contributed by atoms with van der Waals surface area (Å²) in [7, 11) is 0. The van der Waals surface area contributed by atoms with Crippen LogP contribution in [0.4, 0.5) is 0 Å². The normalized spacial score (nSPS) is 15.4. The first-order valence-electron chi connectivity index (χ1n) is 6.49. The smallest absolute Gasteiger partial charge is 0.311 e. The van der Waals surface area contributed by atoms with Gasteiger partial charge in [0.2, 0.25) is 0 Å². The van der Waals surface area contributed by atoms with Crippen molar-refractivity contribution in [2.24, 2.45) is 5.41 Å². The molecule has 1 amide bonds. The highest BCUT2D eigenvalue weighted by molar-refractivity contribution is 5.93. The van der Waals surface area contributed by atoms with Crippen LogP contribution in [0, 0.1) is 5.41 Å². The van der Waals surface area contributed by atoms with Crippen LogP contribution in [-0.2, 0) is 4.79 Å². The third-order valence-corrected chi connectivity index (χ3v) is 3.58. The average molecular weight is 287 g/mol. The first-order valence-corrected chi connectivity index (χ1v) is 6.49. The Hall–Kier alpha value is -2.70. The van der Waals surface area contributed by atoms with Gasteiger partial charge in [0.25, 0.3) is 5.91 Å². The minimum absolute atomic E-state index is 0.107. The van der Waals surface area contributed by atoms with Crippen molar-refractivity contribution in [2.75, 3.05) is 6.54 Å². The van der Waals surface area contributed by atoms with E-state index in [1.54, 1.807) is 24.5 Å². The summed E-state index contributed by atoms with van der Waals surface area (Å²) in [5.74, 6) is -0.881. The lowest BCUT2D eigenvalue weighted by Gasteiger charge is -2.09. The van der Waals surface area contributed by atoms with E-state index in [4.69, 9.17) is 9.63 Å². The van der Waals surface area contributed by atoms with Gasteiger partial charge in [0.15, 0.2) is 11.5 Å². The number of amides is 1. The van der Waals surface area contributed by atoms with Gasteiger partial charge in [-0.15, -0.1) is 0 Å². The lowest BCUT2D eigenvalue weighted by Crippen LogP contribution is -2.34. The molecule has 1 aliphatic rings. The molecular formula is C14H13N3O4. The van der Waals surface area contributed by atoms with Gasteiger partial charge in [0.05, 0.1) is 5.41 Å². The van der Waals surface area contributed by atoms with Crippen molar-refractivity contribution in [3.8, 4) is 11.3 Å². The molecule has 1 fully saturated rings. The second kappa shape index (κ2) is 5.01. The zero-order valence-corrected chi connectivity index (χ0v) is 11.1. The molecule has 108 valence electrons. The first kappa shape index (κ1) is 13.3. The molecule has 21 heavy (non-hydrogen) atoms. The Morgan fingerprint density at radius 1 is 1.43 bits per heavy atom. The monoisotopic (exact) mass is 287 g/mol. The largest absolute Gasteiger partial charge is 0.481 e. The molecule has 0 atom stereocenters. The summed E-state index contributed by atoms with van der Waals surface area (Å²) in [5, 5.41) is 15.3. The number of aliphatic carboxylic acids is 1. The van der Waals surface area contributed by atoms with Crippen LogP contribution in [0.5, 0.6) is 0 Å². The number of carbonyl (C=O) groups excluding carboxylic acids is 1. The van der Waals surface area contributed by atoms with Gasteiger partial charge < -0.3 is 14.9 Å². The van der Waals surface area contributed by atoms with E-state index in [1.807, 2.05) is 0 Å². The molecule has 1 aliphatic carbocycles. The number of aromatic nitrogens is 2. The van der Waals surface area contributed by atoms with Crippen molar-refractivity contribution in [1.29, 1.82) is 0 Å². The molecular weight excluding hydrogens is 274 g/mol. The number of nitrogens with zero attached hydrogens (tertiary/aromatic N) is 2. The Labute approximate surface area is 120 Å². The van der Waals surface area contributed by atoms with Gasteiger partial charge in [-0.25, -0.2) is 0 Å². The molecule has 0 radical (unpaired) electrons. The number of rotatable bonds is 5. The molecule has 0 saturated heterocycles. The third-order valence-electron chi connectivity index (χ3n) is 3.58. The maximum atomic E-state index is 11.9. The standard InChI is InChI=1S/C14H13N3O4/c18-12(16-8-14(3-4-14)13(19)20)10-6-11(21-17-10)9-2-1-5-15-7-9/h1-2,5-7H,3-4,8H2,(H,16,18)(H,19,20). The molecule has 0 spiro atoms. The minimum atomic E-state index is -0.876. The van der Waals surface area contributed by atoms with Crippen LogP contribution in [-0.4, -0.2) is 33.7 Å². The van der Waals surface area contributed by atoms with Crippen LogP contribution in [0.1, 0.15) is 23.3 Å². The zero-order chi connectivity index (χ0) is 14.9. The summed E-state index contributed by atoms with van der Waals surface area (Å²) < 4.78 is 5.10. The summed E-state index contributed by atoms with van der Waals surface area (Å²) in [6.45, 7) is 0.107. The molecule has 3 rings (SSSR count). The van der Waals surface area contributed by atoms with E-state index in [0.29, 0.717) is 24.2 Å². The molecule has 2 aromatic rings. The van der Waals surface area contributed by atoms with Gasteiger partial charge in [-0.1, -0.05) is 5.16 Å². The molecule has 1 saturated carbocycles. The molecule has 7 heteroatoms. The van der Waals surface area contributed by atoms with Crippen molar-refractivity contribution in [3.05, 3.63) is 36.3 Å². The summed E-state index contributed by atoms with van der Waals surface area (Å²) in [6, 6.07) is 5.05. The molecule has 7 nitrogen and oxygen atoms in total. The zero-order valence-electron chi connectivity index (χ0n) is 11.1. The van der Waals surface area contributed by atoms with Crippen LogP contribution >= 0.6 is 0 Å². The summed E-state index contributed by atoms with van der Waals surface area (Å²) in [4.78, 5) is 26.9. The van der Waals surface area contributed by atoms with Gasteiger partial charge in [-0.05, 0) is 25.0 Å². The molecule has 0 aliphatic heterocycles. The average Bonchev–Trinajstić information content (AvgIpc) is 3.14. The summed E-state index contributed by atoms with van der Waals surface area (Å²) >= 11 is 0. The van der Waals surface area contributed by atoms with Crippen LogP contribution in [0.25, 0.3) is 11.3 Å². The lowest BCUT2D eigenvalue weighted by atomic mass is 10.1. The van der Waals surface area contributed by atoms with Gasteiger partial charge in [-0.2, -0.15) is 0 Å². The number of pyridine rings is 1. The summed E-state index contributed by atoms with van der Waals surface area (Å²) in [6.07, 6.45) is 4.41. The van der Waals surface area contributed by atoms with Crippen molar-refractivity contribution in [1.82, 2.24) is 15.5 Å². The Bertz CT molecular complexity index is 677. The Balaban J connectivity index is 1.66. The van der Waals surface area contributed by atoms with Crippen molar-refractivity contribution >= 4 is 11.9 Å². The molecule has 0 aromatic carbocycles. The second-order valence-corrected chi connectivity index (χ2v) is 5.09. The van der Waals surface area contributed by atoms with E-state index in [0.717, 1.165) is 0 Å². The fraction of sp³-hybridized carbons (Fsp3) is 0.286. The van der Waals surface area contributed by atoms with Crippen molar-refractivity contribution in [2.45, 2.75) is 12.8 Å². The van der Waals surface area contributed by atoms with E-state index >= 15 is 0 Å². The number of nitrogens with one attached hydrogen (secondary N) is 1. The maximum Gasteiger partial charge on any atom is 0.311 e. The van der Waals surface area contributed by atoms with Crippen LogP contribution in [0.2, 0.25) is 0 Å². The number of hydrogen-bond acceptors (Lipinski definition) is 5. The lowest BCUT2D eigenvalue weighted by molar-refractivity contribution is -0.143. The number of carbonyl (C=O) groups is 2. The van der Waals surface area contributed by atoms with Gasteiger partial charge in [0, 0.05) is 30.6 Å². The van der Waals surface area contributed by atoms with Crippen LogP contribution in [0.3, 0.4) is 0 Å². The van der Waals surface area contributed by atoms with Gasteiger partial charge >= 0.3 is 5.97 Å². The highest BCUT2D eigenvalue weighted by atomic mass is 16.5. The van der Waals surface area contributed by atoms with Gasteiger partial charge in [0.1, 0.15) is 0 Å². The Morgan fingerprint density at radius 3 is 2.86 bits per heavy atom. The quantitative estimate of drug-likeness (QED) is 0.859. The Kier molecular flexibility index (Phi) is 3.17. The van der Waals surface area contributed by atoms with Crippen LogP contribution < -0.4 is 5.32 Å². The fourth-order valence-corrected chi connectivity index (χ4v) is 1.98. The van der Waals surface area contributed by atoms with E-state index in [-0.39, 0.29) is 12.2 Å². The minimum Gasteiger partial charge on any atom is -0.481 e. The highest BCUT2D eigenvalue weighted by Crippen LogP contribution is 2.45. The molecule has 0 unspecified atom stereocenters. The molecule has 2 heterocycles. The SMILES string of the molecule is O=C(NCC1(C(=O)O)CC1)c1cc(-c2cccnc2)on1. The maximum absolute atomic E-state index is 11.9. The van der Waals surface area contributed by atoms with E-state index in [9.17, 15) is 9.59 Å². The Morgan fingerprint density at radius 2 is 2.24 bits per heavy atom. The third kappa shape index (κ3) is 2.62. The predicted molar refractivity (Wildman–Crippen MR) is 71.4 cm³/mol. The van der Waals surface area contributed by atoms with Gasteiger partial charge in [-0.3, -0.25) is 14.6 Å².